The van der Waals surface area contributed by atoms with Crippen molar-refractivity contribution in [3.05, 3.63) is 60.8 Å². The predicted octanol–water partition coefficient (Wildman–Crippen LogP) is 7.25. The monoisotopic (exact) mass is 952 g/mol. The fourth-order valence-corrected chi connectivity index (χ4v) is 8.04. The highest BCUT2D eigenvalue weighted by molar-refractivity contribution is 7.47. The molecular weight excluding hydrogens is 874 g/mol. The molecule has 1 aliphatic carbocycles. The number of carbonyl (C=O) groups excluding carboxylic acids is 2. The van der Waals surface area contributed by atoms with E-state index in [1.165, 1.54) is 25.7 Å². The van der Waals surface area contributed by atoms with Crippen LogP contribution in [0, 0.1) is 0 Å². The Balaban J connectivity index is 2.66. The van der Waals surface area contributed by atoms with E-state index in [2.05, 4.69) is 54.0 Å². The SMILES string of the molecule is CCCCCC/C=C\CCCCCCCC(=O)OC[C@H](COP(=O)(O)O[C@H]1C(O)C(O)C(O)[C@@H](OP(=O)(O)O)C1O)OC(=O)CCC/C=C\C/C=C\C/C=C\C/C=C\CCC[C@H](C)O. The van der Waals surface area contributed by atoms with Crippen molar-refractivity contribution in [1.82, 2.24) is 0 Å². The van der Waals surface area contributed by atoms with E-state index in [1.807, 2.05) is 18.2 Å². The first-order valence-corrected chi connectivity index (χ1v) is 25.9. The lowest BCUT2D eigenvalue weighted by molar-refractivity contribution is -0.216. The zero-order chi connectivity index (χ0) is 47.6. The van der Waals surface area contributed by atoms with Gasteiger partial charge in [-0.1, -0.05) is 106 Å². The van der Waals surface area contributed by atoms with Crippen LogP contribution in [-0.2, 0) is 41.8 Å². The van der Waals surface area contributed by atoms with Crippen LogP contribution in [0.15, 0.2) is 60.8 Å². The van der Waals surface area contributed by atoms with Gasteiger partial charge in [0, 0.05) is 12.8 Å². The van der Waals surface area contributed by atoms with E-state index in [1.54, 1.807) is 6.92 Å². The summed E-state index contributed by atoms with van der Waals surface area (Å²) in [4.78, 5) is 54.2. The van der Waals surface area contributed by atoms with Crippen molar-refractivity contribution < 1.29 is 82.0 Å². The highest BCUT2D eigenvalue weighted by atomic mass is 31.2. The number of carbonyl (C=O) groups is 2. The summed E-state index contributed by atoms with van der Waals surface area (Å²) < 4.78 is 49.2. The Morgan fingerprint density at radius 3 is 1.59 bits per heavy atom. The van der Waals surface area contributed by atoms with Crippen LogP contribution < -0.4 is 0 Å². The number of rotatable bonds is 37. The number of phosphoric ester groups is 2. The van der Waals surface area contributed by atoms with Crippen LogP contribution in [0.2, 0.25) is 0 Å². The van der Waals surface area contributed by atoms with Crippen LogP contribution in [0.4, 0.5) is 0 Å². The van der Waals surface area contributed by atoms with Crippen molar-refractivity contribution in [2.75, 3.05) is 13.2 Å². The number of phosphoric acid groups is 2. The minimum atomic E-state index is -5.37. The summed E-state index contributed by atoms with van der Waals surface area (Å²) in [6.45, 7) is 2.57. The number of hydrogen-bond donors (Lipinski definition) is 8. The van der Waals surface area contributed by atoms with Gasteiger partial charge in [-0.05, 0) is 90.4 Å². The molecule has 0 amide bonds. The molecule has 0 aromatic carbocycles. The lowest BCUT2D eigenvalue weighted by Crippen LogP contribution is -2.64. The fourth-order valence-electron chi connectivity index (χ4n) is 6.50. The van der Waals surface area contributed by atoms with Crippen molar-refractivity contribution in [1.29, 1.82) is 0 Å². The van der Waals surface area contributed by atoms with Crippen molar-refractivity contribution >= 4 is 27.6 Å². The molecule has 1 fully saturated rings. The third kappa shape index (κ3) is 30.8. The van der Waals surface area contributed by atoms with Gasteiger partial charge in [0.2, 0.25) is 0 Å². The molecule has 1 rings (SSSR count). The number of aliphatic hydroxyl groups excluding tert-OH is 5. The number of allylic oxidation sites excluding steroid dienone is 10. The minimum Gasteiger partial charge on any atom is -0.462 e. The molecule has 0 aromatic heterocycles. The first-order chi connectivity index (χ1) is 30.5. The van der Waals surface area contributed by atoms with Gasteiger partial charge < -0.3 is 49.7 Å². The van der Waals surface area contributed by atoms with Crippen LogP contribution in [0.5, 0.6) is 0 Å². The van der Waals surface area contributed by atoms with E-state index in [-0.39, 0.29) is 18.9 Å². The molecule has 0 aliphatic heterocycles. The highest BCUT2D eigenvalue weighted by Crippen LogP contribution is 2.49. The molecule has 64 heavy (non-hydrogen) atoms. The summed E-state index contributed by atoms with van der Waals surface area (Å²) in [6, 6.07) is 0. The second kappa shape index (κ2) is 35.8. The fraction of sp³-hybridized carbons (Fsp3) is 0.733. The van der Waals surface area contributed by atoms with Crippen LogP contribution in [0.3, 0.4) is 0 Å². The van der Waals surface area contributed by atoms with Gasteiger partial charge in [-0.15, -0.1) is 0 Å². The standard InChI is InChI=1S/C45H78O17P2/c1-3-4-5-6-7-8-9-13-17-20-23-26-29-32-38(47)58-34-37(35-59-64(56,57)62-45-42(51)40(49)41(50)44(43(45)52)61-63(53,54)55)60-39(48)33-30-27-24-21-18-15-12-10-11-14-16-19-22-25-28-31-36(2)46/h8-9,11-12,14-15,19,21-22,24,36-37,40-46,49-52H,3-7,10,13,16-18,20,23,25-35H2,1-2H3,(H,56,57)(H2,53,54,55)/b9-8-,14-11-,15-12-,22-19-,24-21-/t36-,37+,40?,41?,42?,43?,44+,45-/m0/s1. The van der Waals surface area contributed by atoms with Gasteiger partial charge in [-0.25, -0.2) is 9.13 Å². The number of unbranched alkanes of at least 4 members (excludes halogenated alkanes) is 11. The summed E-state index contributed by atoms with van der Waals surface area (Å²) in [7, 11) is -10.7. The van der Waals surface area contributed by atoms with Gasteiger partial charge in [0.05, 0.1) is 12.7 Å². The average molecular weight is 953 g/mol. The Bertz CT molecular complexity index is 1490. The zero-order valence-electron chi connectivity index (χ0n) is 37.8. The first-order valence-electron chi connectivity index (χ1n) is 22.9. The molecule has 0 saturated heterocycles. The molecule has 8 N–H and O–H groups in total. The maximum Gasteiger partial charge on any atom is 0.472 e. The lowest BCUT2D eigenvalue weighted by atomic mass is 9.85. The molecular formula is C45H78O17P2. The number of aliphatic hydroxyl groups is 5. The van der Waals surface area contributed by atoms with Crippen molar-refractivity contribution in [2.45, 2.75) is 198 Å². The molecule has 5 unspecified atom stereocenters. The molecule has 0 bridgehead atoms. The minimum absolute atomic E-state index is 0.0475. The third-order valence-corrected chi connectivity index (χ3v) is 11.6. The van der Waals surface area contributed by atoms with Crippen LogP contribution in [-0.4, -0.2) is 114 Å². The van der Waals surface area contributed by atoms with Gasteiger partial charge in [0.25, 0.3) is 0 Å². The number of hydrogen-bond acceptors (Lipinski definition) is 14. The molecule has 9 atom stereocenters. The maximum atomic E-state index is 13.0. The van der Waals surface area contributed by atoms with Gasteiger partial charge in [-0.2, -0.15) is 0 Å². The Labute approximate surface area is 380 Å². The number of esters is 2. The molecule has 0 aromatic rings. The molecule has 19 heteroatoms. The molecule has 17 nitrogen and oxygen atoms in total. The molecule has 1 saturated carbocycles. The van der Waals surface area contributed by atoms with Crippen molar-refractivity contribution in [3.63, 3.8) is 0 Å². The third-order valence-electron chi connectivity index (χ3n) is 10.1. The Morgan fingerprint density at radius 2 is 1.03 bits per heavy atom. The number of ether oxygens (including phenoxy) is 2. The summed E-state index contributed by atoms with van der Waals surface area (Å²) in [5, 5.41) is 50.5. The predicted molar refractivity (Wildman–Crippen MR) is 242 cm³/mol. The topological polar surface area (TPSA) is 276 Å². The largest absolute Gasteiger partial charge is 0.472 e. The second-order valence-electron chi connectivity index (χ2n) is 16.0. The first kappa shape index (κ1) is 59.7. The van der Waals surface area contributed by atoms with E-state index in [0.717, 1.165) is 70.6 Å². The zero-order valence-corrected chi connectivity index (χ0v) is 39.6. The average Bonchev–Trinajstić information content (AvgIpc) is 3.23. The van der Waals surface area contributed by atoms with Gasteiger partial charge in [0.1, 0.15) is 43.2 Å². The summed E-state index contributed by atoms with van der Waals surface area (Å²) in [6.07, 6.45) is 23.2. The summed E-state index contributed by atoms with van der Waals surface area (Å²) >= 11 is 0. The van der Waals surface area contributed by atoms with E-state index >= 15 is 0 Å². The normalized spacial score (nSPS) is 22.8. The Morgan fingerprint density at radius 1 is 0.562 bits per heavy atom. The van der Waals surface area contributed by atoms with Crippen LogP contribution >= 0.6 is 15.6 Å². The van der Waals surface area contributed by atoms with Gasteiger partial charge in [-0.3, -0.25) is 23.2 Å². The van der Waals surface area contributed by atoms with Crippen LogP contribution in [0.1, 0.15) is 149 Å². The Hall–Kier alpha value is -2.34. The van der Waals surface area contributed by atoms with E-state index in [4.69, 9.17) is 28.3 Å². The molecule has 370 valence electrons. The smallest absolute Gasteiger partial charge is 0.462 e. The van der Waals surface area contributed by atoms with E-state index < -0.39 is 83.5 Å². The van der Waals surface area contributed by atoms with E-state index in [0.29, 0.717) is 25.7 Å². The molecule has 0 spiro atoms. The Kier molecular flexibility index (Phi) is 33.4. The van der Waals surface area contributed by atoms with E-state index in [9.17, 15) is 49.1 Å². The lowest BCUT2D eigenvalue weighted by Gasteiger charge is -2.43. The van der Waals surface area contributed by atoms with Crippen molar-refractivity contribution in [3.8, 4) is 0 Å². The molecule has 0 radical (unpaired) electrons. The quantitative estimate of drug-likeness (QED) is 0.0132. The molecule has 0 heterocycles. The molecule has 1 aliphatic rings. The van der Waals surface area contributed by atoms with Gasteiger partial charge >= 0.3 is 27.6 Å². The summed E-state index contributed by atoms with van der Waals surface area (Å²) in [5.41, 5.74) is 0. The highest BCUT2D eigenvalue weighted by Gasteiger charge is 2.54. The second-order valence-corrected chi connectivity index (χ2v) is 18.6. The summed E-state index contributed by atoms with van der Waals surface area (Å²) in [5.74, 6) is -1.30. The van der Waals surface area contributed by atoms with Crippen molar-refractivity contribution in [2.24, 2.45) is 0 Å². The van der Waals surface area contributed by atoms with Crippen LogP contribution in [0.25, 0.3) is 0 Å². The maximum absolute atomic E-state index is 13.0. The van der Waals surface area contributed by atoms with Gasteiger partial charge in [0.15, 0.2) is 6.10 Å².